The molecule has 0 bridgehead atoms. The summed E-state index contributed by atoms with van der Waals surface area (Å²) in [5.41, 5.74) is 2.13. The van der Waals surface area contributed by atoms with Crippen LogP contribution in [0.1, 0.15) is 103 Å². The molecule has 0 aromatic heterocycles. The van der Waals surface area contributed by atoms with Crippen molar-refractivity contribution in [2.75, 3.05) is 32.7 Å². The van der Waals surface area contributed by atoms with E-state index in [1.165, 1.54) is 123 Å². The van der Waals surface area contributed by atoms with Crippen LogP contribution in [0.4, 0.5) is 0 Å². The Hall–Kier alpha value is -0.120. The van der Waals surface area contributed by atoms with E-state index in [1.807, 2.05) is 0 Å². The zero-order valence-electron chi connectivity index (χ0n) is 19.5. The topological polar surface area (TPSA) is 27.3 Å². The lowest BCUT2D eigenvalue weighted by atomic mass is 9.55. The van der Waals surface area contributed by atoms with Gasteiger partial charge in [0.1, 0.15) is 0 Å². The Balaban J connectivity index is 0.950. The fourth-order valence-corrected chi connectivity index (χ4v) is 9.11. The third-order valence-corrected chi connectivity index (χ3v) is 11.3. The highest BCUT2D eigenvalue weighted by Crippen LogP contribution is 2.54. The van der Waals surface area contributed by atoms with Crippen LogP contribution in [-0.4, -0.2) is 49.7 Å². The molecule has 0 aromatic carbocycles. The van der Waals surface area contributed by atoms with Gasteiger partial charge in [0.15, 0.2) is 0 Å². The van der Waals surface area contributed by atoms with Crippen LogP contribution < -0.4 is 10.6 Å². The van der Waals surface area contributed by atoms with Crippen LogP contribution in [0.2, 0.25) is 0 Å². The molecule has 6 rings (SSSR count). The second-order valence-corrected chi connectivity index (χ2v) is 12.9. The van der Waals surface area contributed by atoms with Gasteiger partial charge in [-0.05, 0) is 132 Å². The number of nitrogens with zero attached hydrogens (tertiary/aromatic N) is 1. The first-order valence-corrected chi connectivity index (χ1v) is 13.9. The summed E-state index contributed by atoms with van der Waals surface area (Å²) in [5.74, 6) is 0.981. The maximum atomic E-state index is 4.10. The first kappa shape index (κ1) is 20.5. The molecule has 3 aliphatic carbocycles. The lowest BCUT2D eigenvalue weighted by molar-refractivity contribution is -0.0194. The van der Waals surface area contributed by atoms with Crippen molar-refractivity contribution >= 4 is 0 Å². The lowest BCUT2D eigenvalue weighted by Gasteiger charge is -2.56. The standard InChI is InChI=1S/C27H47N3/c1-2-8-25(7-1)13-16-30(17-14-25)23-4-10-26(11-5-23)12-6-24(29-21-26)22-18-27(19-22)9-3-15-28-20-27/h22-24,28-29H,1-21H2. The molecular weight excluding hydrogens is 366 g/mol. The molecule has 30 heavy (non-hydrogen) atoms. The molecule has 3 heterocycles. The Morgan fingerprint density at radius 2 is 1.33 bits per heavy atom. The summed E-state index contributed by atoms with van der Waals surface area (Å²) in [6.07, 6.45) is 24.0. The number of nitrogens with one attached hydrogen (secondary N) is 2. The lowest BCUT2D eigenvalue weighted by Crippen LogP contribution is -2.58. The van der Waals surface area contributed by atoms with Crippen LogP contribution in [0.3, 0.4) is 0 Å². The molecule has 2 N–H and O–H groups in total. The predicted octanol–water partition coefficient (Wildman–Crippen LogP) is 5.10. The Morgan fingerprint density at radius 1 is 0.633 bits per heavy atom. The average Bonchev–Trinajstić information content (AvgIpc) is 3.23. The quantitative estimate of drug-likeness (QED) is 0.659. The fourth-order valence-electron chi connectivity index (χ4n) is 9.11. The van der Waals surface area contributed by atoms with Crippen molar-refractivity contribution in [3.8, 4) is 0 Å². The highest BCUT2D eigenvalue weighted by atomic mass is 15.2. The molecule has 0 aromatic rings. The van der Waals surface area contributed by atoms with Crippen LogP contribution in [0.25, 0.3) is 0 Å². The van der Waals surface area contributed by atoms with Crippen molar-refractivity contribution in [2.24, 2.45) is 22.2 Å². The smallest absolute Gasteiger partial charge is 0.00961 e. The highest BCUT2D eigenvalue weighted by Gasteiger charge is 2.49. The normalized spacial score (nSPS) is 47.0. The molecule has 6 aliphatic rings. The molecule has 3 aliphatic heterocycles. The van der Waals surface area contributed by atoms with Crippen molar-refractivity contribution < 1.29 is 0 Å². The van der Waals surface area contributed by atoms with E-state index in [0.717, 1.165) is 23.4 Å². The number of piperidine rings is 3. The van der Waals surface area contributed by atoms with Gasteiger partial charge < -0.3 is 15.5 Å². The minimum absolute atomic E-state index is 0.656. The molecule has 0 amide bonds. The van der Waals surface area contributed by atoms with Crippen molar-refractivity contribution in [3.63, 3.8) is 0 Å². The SMILES string of the molecule is C1CCC2(C1)CCN(C1CCC3(CCC(C4CC5(CCCNC5)C4)NC3)CC1)CC2. The van der Waals surface area contributed by atoms with Gasteiger partial charge in [0.05, 0.1) is 0 Å². The van der Waals surface area contributed by atoms with Gasteiger partial charge in [-0.2, -0.15) is 0 Å². The molecule has 3 saturated carbocycles. The molecule has 170 valence electrons. The zero-order chi connectivity index (χ0) is 20.1. The Labute approximate surface area is 185 Å². The Bertz CT molecular complexity index is 567. The summed E-state index contributed by atoms with van der Waals surface area (Å²) < 4.78 is 0. The van der Waals surface area contributed by atoms with Crippen LogP contribution >= 0.6 is 0 Å². The van der Waals surface area contributed by atoms with Crippen molar-refractivity contribution in [2.45, 2.75) is 115 Å². The van der Waals surface area contributed by atoms with Crippen LogP contribution in [0, 0.1) is 22.2 Å². The van der Waals surface area contributed by atoms with Gasteiger partial charge in [-0.1, -0.05) is 12.8 Å². The summed E-state index contributed by atoms with van der Waals surface area (Å²) >= 11 is 0. The Morgan fingerprint density at radius 3 is 1.97 bits per heavy atom. The van der Waals surface area contributed by atoms with Crippen LogP contribution in [0.5, 0.6) is 0 Å². The number of rotatable bonds is 2. The molecule has 6 fully saturated rings. The minimum atomic E-state index is 0.656. The highest BCUT2D eigenvalue weighted by molar-refractivity contribution is 5.04. The van der Waals surface area contributed by atoms with Crippen molar-refractivity contribution in [3.05, 3.63) is 0 Å². The fraction of sp³-hybridized carbons (Fsp3) is 1.00. The van der Waals surface area contributed by atoms with E-state index >= 15 is 0 Å². The Kier molecular flexibility index (Phi) is 5.48. The average molecular weight is 414 g/mol. The van der Waals surface area contributed by atoms with Gasteiger partial charge in [-0.3, -0.25) is 0 Å². The zero-order valence-corrected chi connectivity index (χ0v) is 19.5. The molecule has 3 nitrogen and oxygen atoms in total. The summed E-state index contributed by atoms with van der Waals surface area (Å²) in [4.78, 5) is 2.92. The summed E-state index contributed by atoms with van der Waals surface area (Å²) in [7, 11) is 0. The molecule has 1 atom stereocenters. The van der Waals surface area contributed by atoms with Gasteiger partial charge in [-0.25, -0.2) is 0 Å². The van der Waals surface area contributed by atoms with E-state index in [9.17, 15) is 0 Å². The first-order valence-electron chi connectivity index (χ1n) is 13.9. The second-order valence-electron chi connectivity index (χ2n) is 12.9. The molecule has 3 spiro atoms. The second kappa shape index (κ2) is 8.03. The first-order chi connectivity index (χ1) is 14.7. The van der Waals surface area contributed by atoms with Gasteiger partial charge in [0.2, 0.25) is 0 Å². The van der Waals surface area contributed by atoms with Crippen LogP contribution in [-0.2, 0) is 0 Å². The summed E-state index contributed by atoms with van der Waals surface area (Å²) in [6.45, 7) is 6.72. The molecule has 1 unspecified atom stereocenters. The molecule has 3 saturated heterocycles. The van der Waals surface area contributed by atoms with E-state index < -0.39 is 0 Å². The van der Waals surface area contributed by atoms with Gasteiger partial charge in [0.25, 0.3) is 0 Å². The van der Waals surface area contributed by atoms with Gasteiger partial charge >= 0.3 is 0 Å². The third kappa shape index (κ3) is 3.79. The van der Waals surface area contributed by atoms with Gasteiger partial charge in [0, 0.05) is 25.2 Å². The summed E-state index contributed by atoms with van der Waals surface area (Å²) in [6, 6.07) is 1.75. The number of likely N-dealkylation sites (tertiary alicyclic amines) is 1. The maximum absolute atomic E-state index is 4.10. The van der Waals surface area contributed by atoms with E-state index in [4.69, 9.17) is 0 Å². The molecule has 3 heteroatoms. The van der Waals surface area contributed by atoms with Gasteiger partial charge in [-0.15, -0.1) is 0 Å². The predicted molar refractivity (Wildman–Crippen MR) is 125 cm³/mol. The monoisotopic (exact) mass is 413 g/mol. The van der Waals surface area contributed by atoms with E-state index in [-0.39, 0.29) is 0 Å². The van der Waals surface area contributed by atoms with E-state index in [2.05, 4.69) is 15.5 Å². The number of hydrogen-bond donors (Lipinski definition) is 2. The number of hydrogen-bond acceptors (Lipinski definition) is 3. The van der Waals surface area contributed by atoms with E-state index in [1.54, 1.807) is 12.8 Å². The van der Waals surface area contributed by atoms with Crippen molar-refractivity contribution in [1.82, 2.24) is 15.5 Å². The largest absolute Gasteiger partial charge is 0.316 e. The van der Waals surface area contributed by atoms with Crippen LogP contribution in [0.15, 0.2) is 0 Å². The minimum Gasteiger partial charge on any atom is -0.316 e. The summed E-state index contributed by atoms with van der Waals surface area (Å²) in [5, 5.41) is 7.77. The third-order valence-electron chi connectivity index (χ3n) is 11.3. The molecular formula is C27H47N3. The molecule has 0 radical (unpaired) electrons. The maximum Gasteiger partial charge on any atom is 0.00961 e. The van der Waals surface area contributed by atoms with E-state index in [0.29, 0.717) is 10.8 Å². The van der Waals surface area contributed by atoms with Crippen molar-refractivity contribution in [1.29, 1.82) is 0 Å².